The number of benzene rings is 2. The van der Waals surface area contributed by atoms with Gasteiger partial charge in [-0.05, 0) is 37.6 Å². The second-order valence-corrected chi connectivity index (χ2v) is 7.36. The number of aromatic nitrogens is 2. The van der Waals surface area contributed by atoms with Gasteiger partial charge in [-0.2, -0.15) is 0 Å². The maximum atomic E-state index is 4.92. The molecule has 0 N–H and O–H groups in total. The Kier molecular flexibility index (Phi) is 4.33. The van der Waals surface area contributed by atoms with Gasteiger partial charge in [0.1, 0.15) is 5.65 Å². The monoisotopic (exact) mass is 344 g/mol. The van der Waals surface area contributed by atoms with Crippen molar-refractivity contribution >= 4 is 17.4 Å². The van der Waals surface area contributed by atoms with Crippen LogP contribution in [0.25, 0.3) is 16.9 Å². The Morgan fingerprint density at radius 3 is 2.32 bits per heavy atom. The SMILES string of the molecule is Cc1ccc(-c2nc3ccc(C)cn3c2CSc2ccccc2)cc1. The number of hydrogen-bond acceptors (Lipinski definition) is 2. The Morgan fingerprint density at radius 1 is 0.840 bits per heavy atom. The van der Waals surface area contributed by atoms with E-state index in [-0.39, 0.29) is 0 Å². The quantitative estimate of drug-likeness (QED) is 0.428. The van der Waals surface area contributed by atoms with Gasteiger partial charge < -0.3 is 4.40 Å². The van der Waals surface area contributed by atoms with Gasteiger partial charge in [-0.1, -0.05) is 54.1 Å². The van der Waals surface area contributed by atoms with Gasteiger partial charge in [-0.3, -0.25) is 0 Å². The van der Waals surface area contributed by atoms with Crippen LogP contribution in [0.1, 0.15) is 16.8 Å². The third-order valence-electron chi connectivity index (χ3n) is 4.31. The van der Waals surface area contributed by atoms with E-state index in [0.29, 0.717) is 0 Å². The molecule has 0 amide bonds. The van der Waals surface area contributed by atoms with Crippen LogP contribution in [0.5, 0.6) is 0 Å². The Morgan fingerprint density at radius 2 is 1.56 bits per heavy atom. The van der Waals surface area contributed by atoms with Crippen molar-refractivity contribution in [2.45, 2.75) is 24.5 Å². The zero-order valence-electron chi connectivity index (χ0n) is 14.4. The van der Waals surface area contributed by atoms with E-state index in [0.717, 1.165) is 17.1 Å². The highest BCUT2D eigenvalue weighted by Crippen LogP contribution is 2.30. The minimum absolute atomic E-state index is 0.887. The second-order valence-electron chi connectivity index (χ2n) is 6.31. The molecule has 25 heavy (non-hydrogen) atoms. The zero-order chi connectivity index (χ0) is 17.2. The van der Waals surface area contributed by atoms with Gasteiger partial charge in [0.25, 0.3) is 0 Å². The first-order valence-electron chi connectivity index (χ1n) is 8.43. The van der Waals surface area contributed by atoms with Crippen molar-refractivity contribution in [1.82, 2.24) is 9.38 Å². The van der Waals surface area contributed by atoms with Gasteiger partial charge in [0.15, 0.2) is 0 Å². The first-order chi connectivity index (χ1) is 12.2. The zero-order valence-corrected chi connectivity index (χ0v) is 15.3. The van der Waals surface area contributed by atoms with Gasteiger partial charge in [0, 0.05) is 22.4 Å². The molecule has 0 spiro atoms. The molecule has 4 rings (SSSR count). The lowest BCUT2D eigenvalue weighted by atomic mass is 10.1. The standard InChI is InChI=1S/C22H20N2S/c1-16-8-11-18(12-9-16)22-20(15-25-19-6-4-3-5-7-19)24-14-17(2)10-13-21(24)23-22/h3-14H,15H2,1-2H3. The molecule has 0 atom stereocenters. The molecule has 4 aromatic rings. The van der Waals surface area contributed by atoms with E-state index < -0.39 is 0 Å². The molecule has 124 valence electrons. The maximum Gasteiger partial charge on any atom is 0.137 e. The predicted molar refractivity (Wildman–Crippen MR) is 106 cm³/mol. The molecular formula is C22H20N2S. The highest BCUT2D eigenvalue weighted by Gasteiger charge is 2.14. The van der Waals surface area contributed by atoms with Gasteiger partial charge in [-0.15, -0.1) is 11.8 Å². The van der Waals surface area contributed by atoms with E-state index in [1.807, 2.05) is 11.8 Å². The molecule has 0 aliphatic rings. The summed E-state index contributed by atoms with van der Waals surface area (Å²) < 4.78 is 2.24. The summed E-state index contributed by atoms with van der Waals surface area (Å²) in [6.45, 7) is 4.24. The number of thioether (sulfide) groups is 1. The van der Waals surface area contributed by atoms with Crippen LogP contribution in [0.3, 0.4) is 0 Å². The first-order valence-corrected chi connectivity index (χ1v) is 9.42. The number of imidazole rings is 1. The van der Waals surface area contributed by atoms with Crippen molar-refractivity contribution in [1.29, 1.82) is 0 Å². The molecule has 3 heteroatoms. The van der Waals surface area contributed by atoms with E-state index in [1.165, 1.54) is 27.3 Å². The van der Waals surface area contributed by atoms with E-state index in [4.69, 9.17) is 4.98 Å². The molecule has 0 aliphatic heterocycles. The highest BCUT2D eigenvalue weighted by atomic mass is 32.2. The van der Waals surface area contributed by atoms with Gasteiger partial charge in [-0.25, -0.2) is 4.98 Å². The third-order valence-corrected chi connectivity index (χ3v) is 5.33. The summed E-state index contributed by atoms with van der Waals surface area (Å²) in [6, 6.07) is 23.4. The van der Waals surface area contributed by atoms with Crippen LogP contribution in [-0.4, -0.2) is 9.38 Å². The second kappa shape index (κ2) is 6.77. The number of nitrogens with zero attached hydrogens (tertiary/aromatic N) is 2. The fraction of sp³-hybridized carbons (Fsp3) is 0.136. The molecule has 2 aromatic carbocycles. The topological polar surface area (TPSA) is 17.3 Å². The number of hydrogen-bond donors (Lipinski definition) is 0. The summed E-state index contributed by atoms with van der Waals surface area (Å²) in [5.41, 5.74) is 7.01. The molecule has 0 saturated heterocycles. The van der Waals surface area contributed by atoms with Crippen LogP contribution >= 0.6 is 11.8 Å². The summed E-state index contributed by atoms with van der Waals surface area (Å²) in [7, 11) is 0. The van der Waals surface area contributed by atoms with Crippen LogP contribution < -0.4 is 0 Å². The third kappa shape index (κ3) is 3.33. The summed E-state index contributed by atoms with van der Waals surface area (Å²) in [6.07, 6.45) is 2.18. The van der Waals surface area contributed by atoms with E-state index in [1.54, 1.807) is 0 Å². The molecule has 0 aliphatic carbocycles. The maximum absolute atomic E-state index is 4.92. The van der Waals surface area contributed by atoms with Gasteiger partial charge >= 0.3 is 0 Å². The van der Waals surface area contributed by atoms with Crippen LogP contribution in [-0.2, 0) is 5.75 Å². The van der Waals surface area contributed by atoms with E-state index in [9.17, 15) is 0 Å². The molecule has 2 heterocycles. The van der Waals surface area contributed by atoms with Crippen LogP contribution in [0.15, 0.2) is 77.8 Å². The summed E-state index contributed by atoms with van der Waals surface area (Å²) in [4.78, 5) is 6.19. The van der Waals surface area contributed by atoms with Gasteiger partial charge in [0.05, 0.1) is 11.4 Å². The summed E-state index contributed by atoms with van der Waals surface area (Å²) in [5, 5.41) is 0. The molecule has 0 saturated carbocycles. The largest absolute Gasteiger partial charge is 0.302 e. The molecule has 0 unspecified atom stereocenters. The fourth-order valence-corrected chi connectivity index (χ4v) is 3.88. The smallest absolute Gasteiger partial charge is 0.137 e. The van der Waals surface area contributed by atoms with Crippen molar-refractivity contribution in [2.24, 2.45) is 0 Å². The number of rotatable bonds is 4. The Balaban J connectivity index is 1.79. The Bertz CT molecular complexity index is 1000. The van der Waals surface area contributed by atoms with Crippen LogP contribution in [0.4, 0.5) is 0 Å². The Hall–Kier alpha value is -2.52. The van der Waals surface area contributed by atoms with Crippen molar-refractivity contribution in [3.63, 3.8) is 0 Å². The number of aryl methyl sites for hydroxylation is 2. The van der Waals surface area contributed by atoms with Crippen molar-refractivity contribution in [3.8, 4) is 11.3 Å². The number of pyridine rings is 1. The van der Waals surface area contributed by atoms with Crippen molar-refractivity contribution in [2.75, 3.05) is 0 Å². The molecule has 0 radical (unpaired) electrons. The normalized spacial score (nSPS) is 11.1. The van der Waals surface area contributed by atoms with E-state index >= 15 is 0 Å². The first kappa shape index (κ1) is 16.0. The minimum atomic E-state index is 0.887. The average molecular weight is 344 g/mol. The van der Waals surface area contributed by atoms with E-state index in [2.05, 4.69) is 91.2 Å². The predicted octanol–water partition coefficient (Wildman–Crippen LogP) is 5.91. The lowest BCUT2D eigenvalue weighted by molar-refractivity contribution is 1.08. The van der Waals surface area contributed by atoms with Crippen LogP contribution in [0.2, 0.25) is 0 Å². The molecule has 2 nitrogen and oxygen atoms in total. The van der Waals surface area contributed by atoms with Crippen LogP contribution in [0, 0.1) is 13.8 Å². The summed E-state index contributed by atoms with van der Waals surface area (Å²) in [5.74, 6) is 0.887. The lowest BCUT2D eigenvalue weighted by Gasteiger charge is -2.07. The molecule has 0 fully saturated rings. The molecule has 2 aromatic heterocycles. The molecule has 0 bridgehead atoms. The Labute approximate surface area is 152 Å². The fourth-order valence-electron chi connectivity index (χ4n) is 2.95. The van der Waals surface area contributed by atoms with Crippen molar-refractivity contribution in [3.05, 3.63) is 89.7 Å². The molecular weight excluding hydrogens is 324 g/mol. The number of fused-ring (bicyclic) bond motifs is 1. The minimum Gasteiger partial charge on any atom is -0.302 e. The van der Waals surface area contributed by atoms with Crippen molar-refractivity contribution < 1.29 is 0 Å². The van der Waals surface area contributed by atoms with Gasteiger partial charge in [0.2, 0.25) is 0 Å². The lowest BCUT2D eigenvalue weighted by Crippen LogP contribution is -1.94. The summed E-state index contributed by atoms with van der Waals surface area (Å²) >= 11 is 1.85. The average Bonchev–Trinajstić information content (AvgIpc) is 2.99. The highest BCUT2D eigenvalue weighted by molar-refractivity contribution is 7.98.